The number of hydrogen-bond donors (Lipinski definition) is 1. The van der Waals surface area contributed by atoms with Crippen LogP contribution in [0.3, 0.4) is 0 Å². The number of aromatic nitrogens is 1. The molecule has 1 unspecified atom stereocenters. The van der Waals surface area contributed by atoms with Gasteiger partial charge in [-0.1, -0.05) is 43.2 Å². The molecule has 3 aromatic rings. The lowest BCUT2D eigenvalue weighted by molar-refractivity contribution is -0.145. The summed E-state index contributed by atoms with van der Waals surface area (Å²) in [6.07, 6.45) is 4.62. The van der Waals surface area contributed by atoms with Gasteiger partial charge in [-0.05, 0) is 55.0 Å². The first-order chi connectivity index (χ1) is 13.0. The first kappa shape index (κ1) is 17.7. The average Bonchev–Trinajstić information content (AvgIpc) is 3.30. The molecule has 1 atom stereocenters. The maximum atomic E-state index is 11.4. The van der Waals surface area contributed by atoms with Crippen LogP contribution in [0.15, 0.2) is 48.5 Å². The van der Waals surface area contributed by atoms with Gasteiger partial charge in [-0.3, -0.25) is 9.47 Å². The summed E-state index contributed by atoms with van der Waals surface area (Å²) in [5, 5.41) is 1.11. The summed E-state index contributed by atoms with van der Waals surface area (Å²) in [5.41, 5.74) is 5.51. The van der Waals surface area contributed by atoms with Gasteiger partial charge in [0.2, 0.25) is 0 Å². The molecule has 0 amide bonds. The molecule has 0 aliphatic heterocycles. The molecule has 1 fully saturated rings. The lowest BCUT2D eigenvalue weighted by atomic mass is 9.92. The van der Waals surface area contributed by atoms with E-state index in [0.717, 1.165) is 27.7 Å². The molecule has 0 bridgehead atoms. The Labute approximate surface area is 159 Å². The number of nitrogen functional groups attached to an aromatic ring is 1. The van der Waals surface area contributed by atoms with Crippen LogP contribution in [-0.2, 0) is 9.53 Å². The Hall–Kier alpha value is -2.75. The normalized spacial score (nSPS) is 15.9. The number of rotatable bonds is 4. The molecule has 0 spiro atoms. The van der Waals surface area contributed by atoms with E-state index in [1.54, 1.807) is 0 Å². The predicted octanol–water partition coefficient (Wildman–Crippen LogP) is 5.30. The van der Waals surface area contributed by atoms with Crippen LogP contribution in [0, 0.1) is 0 Å². The molecule has 1 aromatic heterocycles. The van der Waals surface area contributed by atoms with E-state index in [9.17, 15) is 4.79 Å². The zero-order chi connectivity index (χ0) is 19.0. The number of benzene rings is 2. The van der Waals surface area contributed by atoms with Gasteiger partial charge in [-0.2, -0.15) is 0 Å². The third-order valence-corrected chi connectivity index (χ3v) is 5.66. The summed E-state index contributed by atoms with van der Waals surface area (Å²) in [5.74, 6) is 6.83. The van der Waals surface area contributed by atoms with E-state index in [0.29, 0.717) is 5.92 Å². The van der Waals surface area contributed by atoms with Gasteiger partial charge in [0, 0.05) is 17.9 Å². The largest absolute Gasteiger partial charge is 0.458 e. The zero-order valence-electron chi connectivity index (χ0n) is 15.9. The molecule has 1 aliphatic rings. The second-order valence-electron chi connectivity index (χ2n) is 7.55. The van der Waals surface area contributed by atoms with E-state index in [1.807, 2.05) is 29.8 Å². The molecule has 2 N–H and O–H groups in total. The van der Waals surface area contributed by atoms with Crippen molar-refractivity contribution in [2.24, 2.45) is 0 Å². The van der Waals surface area contributed by atoms with Gasteiger partial charge in [0.05, 0.1) is 11.2 Å². The minimum atomic E-state index is -0.270. The van der Waals surface area contributed by atoms with Crippen molar-refractivity contribution in [3.05, 3.63) is 59.7 Å². The van der Waals surface area contributed by atoms with Crippen LogP contribution in [-0.4, -0.2) is 10.6 Å². The van der Waals surface area contributed by atoms with Gasteiger partial charge < -0.3 is 10.6 Å². The second kappa shape index (κ2) is 7.10. The summed E-state index contributed by atoms with van der Waals surface area (Å²) in [4.78, 5) is 11.4. The van der Waals surface area contributed by atoms with Gasteiger partial charge >= 0.3 is 5.97 Å². The lowest BCUT2D eigenvalue weighted by Gasteiger charge is -2.18. The molecule has 4 nitrogen and oxygen atoms in total. The van der Waals surface area contributed by atoms with Crippen LogP contribution < -0.4 is 5.84 Å². The number of carbonyl (C=O) groups is 1. The summed E-state index contributed by atoms with van der Waals surface area (Å²) >= 11 is 0. The fourth-order valence-electron chi connectivity index (χ4n) is 4.36. The van der Waals surface area contributed by atoms with E-state index in [-0.39, 0.29) is 12.1 Å². The third-order valence-electron chi connectivity index (χ3n) is 5.66. The molecule has 1 heterocycles. The maximum Gasteiger partial charge on any atom is 0.303 e. The van der Waals surface area contributed by atoms with E-state index >= 15 is 0 Å². The van der Waals surface area contributed by atoms with Crippen LogP contribution in [0.5, 0.6) is 0 Å². The van der Waals surface area contributed by atoms with Crippen LogP contribution in [0.1, 0.15) is 62.7 Å². The van der Waals surface area contributed by atoms with E-state index in [2.05, 4.69) is 30.3 Å². The minimum absolute atomic E-state index is 0.258. The minimum Gasteiger partial charge on any atom is -0.458 e. The SMILES string of the molecule is CC(=O)OC(C)c1cc(C2CCCC2)c2c(c1)cc(-c1ccccc1)n2N. The molecule has 0 radical (unpaired) electrons. The number of nitrogens with zero attached hydrogens (tertiary/aromatic N) is 1. The first-order valence-electron chi connectivity index (χ1n) is 9.71. The van der Waals surface area contributed by atoms with E-state index < -0.39 is 0 Å². The Kier molecular flexibility index (Phi) is 4.65. The quantitative estimate of drug-likeness (QED) is 0.506. The highest BCUT2D eigenvalue weighted by Gasteiger charge is 2.24. The van der Waals surface area contributed by atoms with Gasteiger partial charge in [0.25, 0.3) is 0 Å². The maximum absolute atomic E-state index is 11.4. The van der Waals surface area contributed by atoms with Gasteiger partial charge in [0.15, 0.2) is 0 Å². The van der Waals surface area contributed by atoms with Crippen molar-refractivity contribution in [1.82, 2.24) is 4.68 Å². The van der Waals surface area contributed by atoms with Crippen LogP contribution in [0.25, 0.3) is 22.2 Å². The van der Waals surface area contributed by atoms with Gasteiger partial charge in [-0.15, -0.1) is 0 Å². The highest BCUT2D eigenvalue weighted by Crippen LogP contribution is 2.41. The molecule has 140 valence electrons. The summed E-state index contributed by atoms with van der Waals surface area (Å²) in [6, 6.07) is 16.7. The van der Waals surface area contributed by atoms with Crippen molar-refractivity contribution in [3.8, 4) is 11.3 Å². The fraction of sp³-hybridized carbons (Fsp3) is 0.348. The Morgan fingerprint density at radius 3 is 2.52 bits per heavy atom. The summed E-state index contributed by atoms with van der Waals surface area (Å²) < 4.78 is 7.28. The fourth-order valence-corrected chi connectivity index (χ4v) is 4.36. The molecule has 4 rings (SSSR count). The van der Waals surface area contributed by atoms with E-state index in [4.69, 9.17) is 10.6 Å². The number of fused-ring (bicyclic) bond motifs is 1. The van der Waals surface area contributed by atoms with Crippen molar-refractivity contribution in [3.63, 3.8) is 0 Å². The van der Waals surface area contributed by atoms with Gasteiger partial charge in [0.1, 0.15) is 6.10 Å². The van der Waals surface area contributed by atoms with Crippen molar-refractivity contribution in [2.75, 3.05) is 5.84 Å². The zero-order valence-corrected chi connectivity index (χ0v) is 15.9. The topological polar surface area (TPSA) is 57.2 Å². The molecule has 4 heteroatoms. The molecule has 1 saturated carbocycles. The Balaban J connectivity index is 1.90. The molecular weight excluding hydrogens is 336 g/mol. The van der Waals surface area contributed by atoms with Crippen LogP contribution in [0.2, 0.25) is 0 Å². The monoisotopic (exact) mass is 362 g/mol. The Morgan fingerprint density at radius 2 is 1.85 bits per heavy atom. The summed E-state index contributed by atoms with van der Waals surface area (Å²) in [6.45, 7) is 3.38. The highest BCUT2D eigenvalue weighted by atomic mass is 16.5. The van der Waals surface area contributed by atoms with Crippen molar-refractivity contribution in [1.29, 1.82) is 0 Å². The highest BCUT2D eigenvalue weighted by molar-refractivity contribution is 5.90. The second-order valence-corrected chi connectivity index (χ2v) is 7.55. The first-order valence-corrected chi connectivity index (χ1v) is 9.71. The average molecular weight is 362 g/mol. The number of esters is 1. The molecular formula is C23H26N2O2. The van der Waals surface area contributed by atoms with Crippen molar-refractivity contribution < 1.29 is 9.53 Å². The third kappa shape index (κ3) is 3.32. The Bertz CT molecular complexity index is 969. The summed E-state index contributed by atoms with van der Waals surface area (Å²) in [7, 11) is 0. The van der Waals surface area contributed by atoms with Gasteiger partial charge in [-0.25, -0.2) is 0 Å². The Morgan fingerprint density at radius 1 is 1.15 bits per heavy atom. The molecule has 27 heavy (non-hydrogen) atoms. The predicted molar refractivity (Wildman–Crippen MR) is 109 cm³/mol. The molecule has 0 saturated heterocycles. The van der Waals surface area contributed by atoms with Crippen molar-refractivity contribution in [2.45, 2.75) is 51.6 Å². The van der Waals surface area contributed by atoms with Crippen molar-refractivity contribution >= 4 is 16.9 Å². The molecule has 2 aromatic carbocycles. The van der Waals surface area contributed by atoms with E-state index in [1.165, 1.54) is 38.2 Å². The van der Waals surface area contributed by atoms with Crippen LogP contribution in [0.4, 0.5) is 0 Å². The number of carbonyl (C=O) groups excluding carboxylic acids is 1. The lowest BCUT2D eigenvalue weighted by Crippen LogP contribution is -2.12. The smallest absolute Gasteiger partial charge is 0.303 e. The van der Waals surface area contributed by atoms with Crippen LogP contribution >= 0.6 is 0 Å². The number of hydrogen-bond acceptors (Lipinski definition) is 3. The standard InChI is InChI=1S/C23H26N2O2/c1-15(27-16(2)26)19-12-20-14-22(18-10-4-3-5-11-18)25(24)23(20)21(13-19)17-8-6-7-9-17/h3-5,10-15,17H,6-9,24H2,1-2H3. The number of nitrogens with two attached hydrogens (primary N) is 1. The number of ether oxygens (including phenoxy) is 1. The molecule has 1 aliphatic carbocycles.